The standard InChI is InChI=1S/C15H14N4O2S/c1-22(20,21)12-5-6-14-13(8-12)15(19-10-18-14)17-9-11-4-2-3-7-16-11/h2-8,10H,9H2,1H3,(H,17,18,19). The van der Waals surface area contributed by atoms with E-state index in [0.29, 0.717) is 23.3 Å². The number of nitrogens with zero attached hydrogens (tertiary/aromatic N) is 3. The normalized spacial score (nSPS) is 11.5. The van der Waals surface area contributed by atoms with E-state index in [-0.39, 0.29) is 4.90 Å². The quantitative estimate of drug-likeness (QED) is 0.793. The van der Waals surface area contributed by atoms with Crippen molar-refractivity contribution in [2.45, 2.75) is 11.4 Å². The maximum absolute atomic E-state index is 11.7. The molecule has 0 amide bonds. The van der Waals surface area contributed by atoms with E-state index < -0.39 is 9.84 Å². The molecule has 3 aromatic rings. The Morgan fingerprint density at radius 2 is 1.95 bits per heavy atom. The van der Waals surface area contributed by atoms with Crippen molar-refractivity contribution in [1.82, 2.24) is 15.0 Å². The fourth-order valence-electron chi connectivity index (χ4n) is 2.08. The second-order valence-electron chi connectivity index (χ2n) is 4.85. The van der Waals surface area contributed by atoms with Gasteiger partial charge in [-0.3, -0.25) is 4.98 Å². The predicted octanol–water partition coefficient (Wildman–Crippen LogP) is 2.04. The third kappa shape index (κ3) is 3.04. The van der Waals surface area contributed by atoms with E-state index in [0.717, 1.165) is 5.69 Å². The highest BCUT2D eigenvalue weighted by Gasteiger charge is 2.11. The van der Waals surface area contributed by atoms with Gasteiger partial charge in [-0.25, -0.2) is 18.4 Å². The minimum absolute atomic E-state index is 0.246. The highest BCUT2D eigenvalue weighted by atomic mass is 32.2. The first-order chi connectivity index (χ1) is 10.5. The van der Waals surface area contributed by atoms with Crippen molar-refractivity contribution >= 4 is 26.6 Å². The molecule has 0 radical (unpaired) electrons. The van der Waals surface area contributed by atoms with Crippen molar-refractivity contribution in [2.24, 2.45) is 0 Å². The van der Waals surface area contributed by atoms with Crippen LogP contribution >= 0.6 is 0 Å². The highest BCUT2D eigenvalue weighted by molar-refractivity contribution is 7.90. The lowest BCUT2D eigenvalue weighted by Gasteiger charge is -2.09. The highest BCUT2D eigenvalue weighted by Crippen LogP contribution is 2.23. The molecule has 112 valence electrons. The molecule has 2 heterocycles. The summed E-state index contributed by atoms with van der Waals surface area (Å²) in [6.45, 7) is 0.496. The van der Waals surface area contributed by atoms with Crippen LogP contribution in [-0.2, 0) is 16.4 Å². The fourth-order valence-corrected chi connectivity index (χ4v) is 2.73. The molecule has 0 aliphatic heterocycles. The van der Waals surface area contributed by atoms with Gasteiger partial charge < -0.3 is 5.32 Å². The second-order valence-corrected chi connectivity index (χ2v) is 6.86. The third-order valence-electron chi connectivity index (χ3n) is 3.20. The zero-order valence-corrected chi connectivity index (χ0v) is 12.7. The van der Waals surface area contributed by atoms with E-state index in [4.69, 9.17) is 0 Å². The first kappa shape index (κ1) is 14.4. The molecular weight excluding hydrogens is 300 g/mol. The number of sulfone groups is 1. The van der Waals surface area contributed by atoms with Crippen LogP contribution in [-0.4, -0.2) is 29.6 Å². The monoisotopic (exact) mass is 314 g/mol. The topological polar surface area (TPSA) is 84.8 Å². The van der Waals surface area contributed by atoms with E-state index in [9.17, 15) is 8.42 Å². The Bertz CT molecular complexity index is 911. The van der Waals surface area contributed by atoms with Gasteiger partial charge >= 0.3 is 0 Å². The molecule has 0 fully saturated rings. The summed E-state index contributed by atoms with van der Waals surface area (Å²) in [7, 11) is -3.27. The maximum atomic E-state index is 11.7. The summed E-state index contributed by atoms with van der Waals surface area (Å²) in [5.41, 5.74) is 1.56. The summed E-state index contributed by atoms with van der Waals surface area (Å²) in [6, 6.07) is 10.5. The molecule has 6 nitrogen and oxygen atoms in total. The molecule has 1 aromatic carbocycles. The van der Waals surface area contributed by atoms with Crippen molar-refractivity contribution in [1.29, 1.82) is 0 Å². The smallest absolute Gasteiger partial charge is 0.175 e. The molecule has 0 atom stereocenters. The van der Waals surface area contributed by atoms with Gasteiger partial charge in [0, 0.05) is 17.8 Å². The number of rotatable bonds is 4. The van der Waals surface area contributed by atoms with Crippen LogP contribution in [0.2, 0.25) is 0 Å². The Morgan fingerprint density at radius 1 is 1.09 bits per heavy atom. The molecule has 0 unspecified atom stereocenters. The van der Waals surface area contributed by atoms with E-state index in [1.165, 1.54) is 12.6 Å². The Kier molecular flexibility index (Phi) is 3.72. The molecule has 7 heteroatoms. The molecule has 0 aliphatic rings. The average molecular weight is 314 g/mol. The van der Waals surface area contributed by atoms with Crippen molar-refractivity contribution in [3.63, 3.8) is 0 Å². The largest absolute Gasteiger partial charge is 0.364 e. The van der Waals surface area contributed by atoms with Crippen LogP contribution in [0.4, 0.5) is 5.82 Å². The number of hydrogen-bond acceptors (Lipinski definition) is 6. The van der Waals surface area contributed by atoms with Crippen LogP contribution in [0, 0.1) is 0 Å². The molecule has 0 saturated carbocycles. The van der Waals surface area contributed by atoms with Gasteiger partial charge in [-0.05, 0) is 30.3 Å². The molecule has 3 rings (SSSR count). The van der Waals surface area contributed by atoms with E-state index >= 15 is 0 Å². The van der Waals surface area contributed by atoms with Gasteiger partial charge in [-0.2, -0.15) is 0 Å². The molecule has 22 heavy (non-hydrogen) atoms. The second kappa shape index (κ2) is 5.69. The minimum Gasteiger partial charge on any atom is -0.364 e. The van der Waals surface area contributed by atoms with E-state index in [2.05, 4.69) is 20.3 Å². The molecular formula is C15H14N4O2S. The van der Waals surface area contributed by atoms with Gasteiger partial charge in [0.2, 0.25) is 0 Å². The molecule has 0 aliphatic carbocycles. The summed E-state index contributed by atoms with van der Waals surface area (Å²) < 4.78 is 23.4. The Morgan fingerprint density at radius 3 is 2.68 bits per heavy atom. The van der Waals surface area contributed by atoms with Crippen molar-refractivity contribution in [2.75, 3.05) is 11.6 Å². The van der Waals surface area contributed by atoms with Crippen LogP contribution in [0.15, 0.2) is 53.8 Å². The van der Waals surface area contributed by atoms with Gasteiger partial charge in [0.25, 0.3) is 0 Å². The molecule has 1 N–H and O–H groups in total. The number of pyridine rings is 1. The zero-order valence-electron chi connectivity index (χ0n) is 11.9. The summed E-state index contributed by atoms with van der Waals surface area (Å²) in [5, 5.41) is 3.84. The van der Waals surface area contributed by atoms with Gasteiger partial charge in [0.05, 0.1) is 22.7 Å². The molecule has 2 aromatic heterocycles. The lowest BCUT2D eigenvalue weighted by atomic mass is 10.2. The van der Waals surface area contributed by atoms with E-state index in [1.807, 2.05) is 18.2 Å². The van der Waals surface area contributed by atoms with Gasteiger partial charge in [-0.15, -0.1) is 0 Å². The van der Waals surface area contributed by atoms with Crippen LogP contribution in [0.25, 0.3) is 10.9 Å². The minimum atomic E-state index is -3.27. The van der Waals surface area contributed by atoms with Crippen molar-refractivity contribution in [3.05, 3.63) is 54.6 Å². The lowest BCUT2D eigenvalue weighted by Crippen LogP contribution is -2.04. The summed E-state index contributed by atoms with van der Waals surface area (Å²) in [5.74, 6) is 0.584. The number of nitrogens with one attached hydrogen (secondary N) is 1. The number of benzene rings is 1. The fraction of sp³-hybridized carbons (Fsp3) is 0.133. The number of aromatic nitrogens is 3. The summed E-state index contributed by atoms with van der Waals surface area (Å²) in [4.78, 5) is 12.8. The number of fused-ring (bicyclic) bond motifs is 1. The van der Waals surface area contributed by atoms with Crippen LogP contribution < -0.4 is 5.32 Å². The lowest BCUT2D eigenvalue weighted by molar-refractivity contribution is 0.602. The average Bonchev–Trinajstić information content (AvgIpc) is 2.52. The van der Waals surface area contributed by atoms with Gasteiger partial charge in [0.15, 0.2) is 9.84 Å². The Balaban J connectivity index is 1.98. The number of hydrogen-bond donors (Lipinski definition) is 1. The molecule has 0 saturated heterocycles. The molecule has 0 bridgehead atoms. The van der Waals surface area contributed by atoms with Crippen LogP contribution in [0.3, 0.4) is 0 Å². The molecule has 0 spiro atoms. The van der Waals surface area contributed by atoms with Gasteiger partial charge in [-0.1, -0.05) is 6.07 Å². The third-order valence-corrected chi connectivity index (χ3v) is 4.31. The van der Waals surface area contributed by atoms with Crippen molar-refractivity contribution < 1.29 is 8.42 Å². The summed E-state index contributed by atoms with van der Waals surface area (Å²) >= 11 is 0. The summed E-state index contributed by atoms with van der Waals surface area (Å²) in [6.07, 6.45) is 4.35. The van der Waals surface area contributed by atoms with Crippen molar-refractivity contribution in [3.8, 4) is 0 Å². The van der Waals surface area contributed by atoms with E-state index in [1.54, 1.807) is 24.4 Å². The first-order valence-corrected chi connectivity index (χ1v) is 8.52. The van der Waals surface area contributed by atoms with Gasteiger partial charge in [0.1, 0.15) is 12.1 Å². The van der Waals surface area contributed by atoms with Crippen LogP contribution in [0.1, 0.15) is 5.69 Å². The Labute approximate surface area is 128 Å². The zero-order chi connectivity index (χ0) is 15.6. The first-order valence-electron chi connectivity index (χ1n) is 6.62. The predicted molar refractivity (Wildman–Crippen MR) is 84.2 cm³/mol. The number of anilines is 1. The van der Waals surface area contributed by atoms with Crippen LogP contribution in [0.5, 0.6) is 0 Å². The Hall–Kier alpha value is -2.54. The maximum Gasteiger partial charge on any atom is 0.175 e. The SMILES string of the molecule is CS(=O)(=O)c1ccc2ncnc(NCc3ccccn3)c2c1.